The second kappa shape index (κ2) is 7.78. The SMILES string of the molecule is COC(=O)CCN(C)S(=O)(=O)c1cccc(C#CCN)c1. The highest BCUT2D eigenvalue weighted by Crippen LogP contribution is 2.16. The lowest BCUT2D eigenvalue weighted by atomic mass is 10.2. The van der Waals surface area contributed by atoms with Crippen LogP contribution < -0.4 is 5.73 Å². The van der Waals surface area contributed by atoms with Crippen LogP contribution in [0.1, 0.15) is 12.0 Å². The molecule has 0 atom stereocenters. The Kier molecular flexibility index (Phi) is 6.37. The van der Waals surface area contributed by atoms with Crippen LogP contribution in [0, 0.1) is 11.8 Å². The van der Waals surface area contributed by atoms with Crippen molar-refractivity contribution in [2.75, 3.05) is 27.2 Å². The zero-order chi connectivity index (χ0) is 15.9. The largest absolute Gasteiger partial charge is 0.469 e. The summed E-state index contributed by atoms with van der Waals surface area (Å²) in [7, 11) is -0.990. The van der Waals surface area contributed by atoms with Crippen LogP contribution in [-0.4, -0.2) is 45.9 Å². The molecule has 0 radical (unpaired) electrons. The molecular formula is C14H18N2O4S. The Morgan fingerprint density at radius 1 is 1.43 bits per heavy atom. The summed E-state index contributed by atoms with van der Waals surface area (Å²) in [5.74, 6) is 4.99. The van der Waals surface area contributed by atoms with Crippen LogP contribution in [0.5, 0.6) is 0 Å². The third kappa shape index (κ3) is 4.86. The minimum absolute atomic E-state index is 0.00109. The maximum atomic E-state index is 12.4. The molecule has 0 aromatic heterocycles. The average Bonchev–Trinajstić information content (AvgIpc) is 2.50. The standard InChI is InChI=1S/C14H18N2O4S/c1-16(10-8-14(17)20-2)21(18,19)13-7-3-5-12(11-13)6-4-9-15/h3,5,7,11H,8-10,15H2,1-2H3. The summed E-state index contributed by atoms with van der Waals surface area (Å²) in [6, 6.07) is 6.28. The monoisotopic (exact) mass is 310 g/mol. The first kappa shape index (κ1) is 17.2. The molecule has 0 aliphatic carbocycles. The molecule has 2 N–H and O–H groups in total. The molecule has 0 spiro atoms. The summed E-state index contributed by atoms with van der Waals surface area (Å²) in [5, 5.41) is 0. The molecule has 1 rings (SSSR count). The second-order valence-electron chi connectivity index (χ2n) is 4.19. The number of rotatable bonds is 5. The van der Waals surface area contributed by atoms with E-state index in [4.69, 9.17) is 5.73 Å². The maximum Gasteiger partial charge on any atom is 0.306 e. The lowest BCUT2D eigenvalue weighted by molar-refractivity contribution is -0.140. The summed E-state index contributed by atoms with van der Waals surface area (Å²) in [6.07, 6.45) is -0.00109. The van der Waals surface area contributed by atoms with Crippen molar-refractivity contribution >= 4 is 16.0 Å². The fourth-order valence-electron chi connectivity index (χ4n) is 1.54. The van der Waals surface area contributed by atoms with Gasteiger partial charge >= 0.3 is 5.97 Å². The first-order valence-corrected chi connectivity index (χ1v) is 7.68. The van der Waals surface area contributed by atoms with Gasteiger partial charge in [-0.25, -0.2) is 12.7 Å². The number of methoxy groups -OCH3 is 1. The van der Waals surface area contributed by atoms with Crippen LogP contribution >= 0.6 is 0 Å². The third-order valence-corrected chi connectivity index (χ3v) is 4.59. The van der Waals surface area contributed by atoms with Crippen LogP contribution in [0.15, 0.2) is 29.2 Å². The van der Waals surface area contributed by atoms with Crippen LogP contribution in [0.2, 0.25) is 0 Å². The van der Waals surface area contributed by atoms with Gasteiger partial charge in [0.15, 0.2) is 0 Å². The van der Waals surface area contributed by atoms with E-state index in [1.54, 1.807) is 12.1 Å². The summed E-state index contributed by atoms with van der Waals surface area (Å²) in [4.78, 5) is 11.2. The van der Waals surface area contributed by atoms with Gasteiger partial charge in [0.05, 0.1) is 25.0 Å². The quantitative estimate of drug-likeness (QED) is 0.619. The summed E-state index contributed by atoms with van der Waals surface area (Å²) < 4.78 is 30.3. The Balaban J connectivity index is 2.94. The van der Waals surface area contributed by atoms with Gasteiger partial charge in [0.1, 0.15) is 0 Å². The van der Waals surface area contributed by atoms with Crippen LogP contribution in [0.25, 0.3) is 0 Å². The molecule has 0 saturated heterocycles. The minimum Gasteiger partial charge on any atom is -0.469 e. The molecule has 0 saturated carbocycles. The summed E-state index contributed by atoms with van der Waals surface area (Å²) in [6.45, 7) is 0.254. The Morgan fingerprint density at radius 3 is 2.76 bits per heavy atom. The number of esters is 1. The molecule has 1 aromatic carbocycles. The Labute approximate surface area is 124 Å². The topological polar surface area (TPSA) is 89.7 Å². The van der Waals surface area contributed by atoms with E-state index < -0.39 is 16.0 Å². The molecule has 1 aromatic rings. The van der Waals surface area contributed by atoms with Gasteiger partial charge < -0.3 is 10.5 Å². The normalized spacial score (nSPS) is 10.9. The first-order valence-electron chi connectivity index (χ1n) is 6.24. The summed E-state index contributed by atoms with van der Waals surface area (Å²) in [5.41, 5.74) is 5.86. The van der Waals surface area contributed by atoms with Gasteiger partial charge in [-0.1, -0.05) is 17.9 Å². The summed E-state index contributed by atoms with van der Waals surface area (Å²) >= 11 is 0. The first-order chi connectivity index (χ1) is 9.91. The van der Waals surface area contributed by atoms with E-state index in [0.29, 0.717) is 5.56 Å². The smallest absolute Gasteiger partial charge is 0.306 e. The number of carbonyl (C=O) groups excluding carboxylic acids is 1. The fraction of sp³-hybridized carbons (Fsp3) is 0.357. The Hall–Kier alpha value is -1.88. The third-order valence-electron chi connectivity index (χ3n) is 2.74. The number of ether oxygens (including phenoxy) is 1. The number of nitrogens with two attached hydrogens (primary N) is 1. The van der Waals surface area contributed by atoms with E-state index in [9.17, 15) is 13.2 Å². The van der Waals surface area contributed by atoms with Crippen LogP contribution in [0.3, 0.4) is 0 Å². The van der Waals surface area contributed by atoms with E-state index >= 15 is 0 Å². The molecule has 0 amide bonds. The average molecular weight is 310 g/mol. The van der Waals surface area contributed by atoms with Gasteiger partial charge in [0, 0.05) is 19.2 Å². The van der Waals surface area contributed by atoms with Crippen molar-refractivity contribution in [2.24, 2.45) is 5.73 Å². The number of benzene rings is 1. The maximum absolute atomic E-state index is 12.4. The van der Waals surface area contributed by atoms with Gasteiger partial charge in [-0.3, -0.25) is 4.79 Å². The highest BCUT2D eigenvalue weighted by atomic mass is 32.2. The molecule has 0 heterocycles. The second-order valence-corrected chi connectivity index (χ2v) is 6.23. The van der Waals surface area contributed by atoms with Crippen molar-refractivity contribution in [3.63, 3.8) is 0 Å². The van der Waals surface area contributed by atoms with Gasteiger partial charge in [-0.05, 0) is 18.2 Å². The molecule has 114 valence electrons. The number of nitrogens with zero attached hydrogens (tertiary/aromatic N) is 1. The van der Waals surface area contributed by atoms with Crippen molar-refractivity contribution < 1.29 is 17.9 Å². The van der Waals surface area contributed by atoms with E-state index in [0.717, 1.165) is 4.31 Å². The number of sulfonamides is 1. The molecule has 21 heavy (non-hydrogen) atoms. The molecular weight excluding hydrogens is 292 g/mol. The molecule has 0 aliphatic heterocycles. The van der Waals surface area contributed by atoms with Crippen molar-refractivity contribution in [3.8, 4) is 11.8 Å². The fourth-order valence-corrected chi connectivity index (χ4v) is 2.76. The highest BCUT2D eigenvalue weighted by molar-refractivity contribution is 7.89. The minimum atomic E-state index is -3.66. The predicted octanol–water partition coefficient (Wildman–Crippen LogP) is 0.180. The zero-order valence-corrected chi connectivity index (χ0v) is 12.8. The van der Waals surface area contributed by atoms with Crippen LogP contribution in [-0.2, 0) is 19.6 Å². The van der Waals surface area contributed by atoms with Gasteiger partial charge in [-0.2, -0.15) is 0 Å². The van der Waals surface area contributed by atoms with Crippen molar-refractivity contribution in [2.45, 2.75) is 11.3 Å². The van der Waals surface area contributed by atoms with Gasteiger partial charge in [0.2, 0.25) is 10.0 Å². The van der Waals surface area contributed by atoms with Gasteiger partial charge in [-0.15, -0.1) is 0 Å². The number of hydrogen-bond acceptors (Lipinski definition) is 5. The predicted molar refractivity (Wildman–Crippen MR) is 78.8 cm³/mol. The molecule has 0 fully saturated rings. The van der Waals surface area contributed by atoms with Crippen molar-refractivity contribution in [3.05, 3.63) is 29.8 Å². The van der Waals surface area contributed by atoms with Crippen molar-refractivity contribution in [1.29, 1.82) is 0 Å². The Bertz CT molecular complexity index is 659. The highest BCUT2D eigenvalue weighted by Gasteiger charge is 2.21. The molecule has 0 unspecified atom stereocenters. The van der Waals surface area contributed by atoms with Gasteiger partial charge in [0.25, 0.3) is 0 Å². The number of carbonyl (C=O) groups is 1. The van der Waals surface area contributed by atoms with Crippen molar-refractivity contribution in [1.82, 2.24) is 4.31 Å². The lowest BCUT2D eigenvalue weighted by Gasteiger charge is -2.16. The van der Waals surface area contributed by atoms with E-state index in [2.05, 4.69) is 16.6 Å². The zero-order valence-electron chi connectivity index (χ0n) is 12.0. The van der Waals surface area contributed by atoms with E-state index in [-0.39, 0.29) is 24.4 Å². The molecule has 6 nitrogen and oxygen atoms in total. The molecule has 0 bridgehead atoms. The van der Waals surface area contributed by atoms with E-state index in [1.165, 1.54) is 26.3 Å². The van der Waals surface area contributed by atoms with E-state index in [1.807, 2.05) is 0 Å². The number of hydrogen-bond donors (Lipinski definition) is 1. The molecule has 0 aliphatic rings. The lowest BCUT2D eigenvalue weighted by Crippen LogP contribution is -2.29. The molecule has 7 heteroatoms. The van der Waals surface area contributed by atoms with Crippen LogP contribution in [0.4, 0.5) is 0 Å². The Morgan fingerprint density at radius 2 is 2.14 bits per heavy atom.